The first-order valence-electron chi connectivity index (χ1n) is 10.1. The van der Waals surface area contributed by atoms with Gasteiger partial charge in [-0.15, -0.1) is 0 Å². The van der Waals surface area contributed by atoms with Crippen molar-refractivity contribution >= 4 is 5.71 Å². The molecule has 4 rings (SSSR count). The first kappa shape index (κ1) is 22.8. The second-order valence-electron chi connectivity index (χ2n) is 6.72. The SMILES string of the molecule is CC/C(C)=N/OCc1ccc(-n2cccn2)nc1.NOCc1ccc(-n2cccn2)nc1. The third kappa shape index (κ3) is 6.83. The van der Waals surface area contributed by atoms with Crippen LogP contribution in [-0.4, -0.2) is 35.2 Å². The van der Waals surface area contributed by atoms with Crippen LogP contribution in [0.3, 0.4) is 0 Å². The molecule has 0 aromatic carbocycles. The van der Waals surface area contributed by atoms with E-state index >= 15 is 0 Å². The normalized spacial score (nSPS) is 11.0. The van der Waals surface area contributed by atoms with Crippen LogP contribution in [-0.2, 0) is 22.9 Å². The van der Waals surface area contributed by atoms with Crippen LogP contribution in [0, 0.1) is 0 Å². The quantitative estimate of drug-likeness (QED) is 0.334. The summed E-state index contributed by atoms with van der Waals surface area (Å²) >= 11 is 0. The number of hydrogen-bond acceptors (Lipinski definition) is 8. The lowest BCUT2D eigenvalue weighted by Gasteiger charge is -2.03. The molecule has 0 amide bonds. The molecule has 10 heteroatoms. The zero-order valence-electron chi connectivity index (χ0n) is 18.1. The molecule has 166 valence electrons. The highest BCUT2D eigenvalue weighted by atomic mass is 16.6. The first-order valence-corrected chi connectivity index (χ1v) is 10.1. The van der Waals surface area contributed by atoms with Crippen LogP contribution in [0.5, 0.6) is 0 Å². The van der Waals surface area contributed by atoms with E-state index in [0.717, 1.165) is 34.9 Å². The van der Waals surface area contributed by atoms with Gasteiger partial charge in [-0.3, -0.25) is 4.84 Å². The fourth-order valence-corrected chi connectivity index (χ4v) is 2.46. The Bertz CT molecular complexity index is 1060. The summed E-state index contributed by atoms with van der Waals surface area (Å²) in [7, 11) is 0. The van der Waals surface area contributed by atoms with E-state index in [4.69, 9.17) is 10.7 Å². The summed E-state index contributed by atoms with van der Waals surface area (Å²) in [6.07, 6.45) is 11.5. The van der Waals surface area contributed by atoms with Crippen molar-refractivity contribution < 1.29 is 9.68 Å². The molecule has 0 radical (unpaired) electrons. The zero-order chi connectivity index (χ0) is 22.6. The van der Waals surface area contributed by atoms with Crippen LogP contribution in [0.2, 0.25) is 0 Å². The van der Waals surface area contributed by atoms with Crippen molar-refractivity contribution in [2.45, 2.75) is 33.5 Å². The largest absolute Gasteiger partial charge is 0.391 e. The molecule has 32 heavy (non-hydrogen) atoms. The van der Waals surface area contributed by atoms with Crippen LogP contribution in [0.4, 0.5) is 0 Å². The maximum absolute atomic E-state index is 5.23. The van der Waals surface area contributed by atoms with Gasteiger partial charge in [0, 0.05) is 42.7 Å². The number of rotatable bonds is 8. The van der Waals surface area contributed by atoms with Crippen LogP contribution in [0.15, 0.2) is 78.7 Å². The Hall–Kier alpha value is -3.89. The molecule has 4 heterocycles. The molecule has 4 aromatic heterocycles. The summed E-state index contributed by atoms with van der Waals surface area (Å²) in [5, 5.41) is 12.2. The Labute approximate surface area is 186 Å². The fourth-order valence-electron chi connectivity index (χ4n) is 2.46. The fraction of sp³-hybridized carbons (Fsp3) is 0.227. The third-order valence-electron chi connectivity index (χ3n) is 4.31. The summed E-state index contributed by atoms with van der Waals surface area (Å²) in [4.78, 5) is 18.2. The minimum Gasteiger partial charge on any atom is -0.391 e. The van der Waals surface area contributed by atoms with Crippen molar-refractivity contribution in [2.24, 2.45) is 11.1 Å². The van der Waals surface area contributed by atoms with E-state index in [1.165, 1.54) is 0 Å². The summed E-state index contributed by atoms with van der Waals surface area (Å²) in [6.45, 7) is 4.79. The minimum atomic E-state index is 0.367. The van der Waals surface area contributed by atoms with Crippen LogP contribution in [0.1, 0.15) is 31.4 Å². The van der Waals surface area contributed by atoms with E-state index in [1.54, 1.807) is 34.2 Å². The van der Waals surface area contributed by atoms with Gasteiger partial charge in [0.15, 0.2) is 11.6 Å². The van der Waals surface area contributed by atoms with Crippen molar-refractivity contribution in [1.82, 2.24) is 29.5 Å². The lowest BCUT2D eigenvalue weighted by atomic mass is 10.3. The molecule has 0 spiro atoms. The van der Waals surface area contributed by atoms with Gasteiger partial charge >= 0.3 is 0 Å². The van der Waals surface area contributed by atoms with Gasteiger partial charge in [0.05, 0.1) is 12.3 Å². The third-order valence-corrected chi connectivity index (χ3v) is 4.31. The molecule has 0 atom stereocenters. The summed E-state index contributed by atoms with van der Waals surface area (Å²) in [5.41, 5.74) is 2.90. The monoisotopic (exact) mass is 434 g/mol. The predicted octanol–water partition coefficient (Wildman–Crippen LogP) is 3.23. The van der Waals surface area contributed by atoms with Gasteiger partial charge in [0.1, 0.15) is 6.61 Å². The van der Waals surface area contributed by atoms with Gasteiger partial charge in [-0.25, -0.2) is 25.2 Å². The van der Waals surface area contributed by atoms with E-state index in [0.29, 0.717) is 13.2 Å². The maximum Gasteiger partial charge on any atom is 0.153 e. The highest BCUT2D eigenvalue weighted by Gasteiger charge is 1.99. The Morgan fingerprint density at radius 3 is 1.88 bits per heavy atom. The minimum absolute atomic E-state index is 0.367. The van der Waals surface area contributed by atoms with Crippen molar-refractivity contribution in [2.75, 3.05) is 0 Å². The Morgan fingerprint density at radius 2 is 1.47 bits per heavy atom. The van der Waals surface area contributed by atoms with E-state index in [-0.39, 0.29) is 0 Å². The van der Waals surface area contributed by atoms with E-state index in [2.05, 4.69) is 30.2 Å². The molecule has 0 saturated carbocycles. The average molecular weight is 435 g/mol. The van der Waals surface area contributed by atoms with Gasteiger partial charge in [0.25, 0.3) is 0 Å². The highest BCUT2D eigenvalue weighted by Crippen LogP contribution is 2.06. The average Bonchev–Trinajstić information content (AvgIpc) is 3.55. The molecule has 4 aromatic rings. The number of aromatic nitrogens is 6. The van der Waals surface area contributed by atoms with E-state index in [1.807, 2.05) is 62.6 Å². The summed E-state index contributed by atoms with van der Waals surface area (Å²) in [6, 6.07) is 11.3. The Kier molecular flexibility index (Phi) is 8.60. The second kappa shape index (κ2) is 12.1. The molecule has 0 saturated heterocycles. The number of pyridine rings is 2. The number of hydrogen-bond donors (Lipinski definition) is 1. The number of oxime groups is 1. The lowest BCUT2D eigenvalue weighted by molar-refractivity contribution is 0.124. The number of nitrogens with zero attached hydrogens (tertiary/aromatic N) is 7. The molecular formula is C22H26N8O2. The smallest absolute Gasteiger partial charge is 0.153 e. The summed E-state index contributed by atoms with van der Waals surface area (Å²) < 4.78 is 3.40. The van der Waals surface area contributed by atoms with Gasteiger partial charge in [-0.05, 0) is 43.2 Å². The molecule has 10 nitrogen and oxygen atoms in total. The van der Waals surface area contributed by atoms with Crippen molar-refractivity contribution in [3.05, 3.63) is 84.7 Å². The van der Waals surface area contributed by atoms with Gasteiger partial charge in [0.2, 0.25) is 0 Å². The van der Waals surface area contributed by atoms with Crippen LogP contribution >= 0.6 is 0 Å². The second-order valence-corrected chi connectivity index (χ2v) is 6.72. The van der Waals surface area contributed by atoms with Gasteiger partial charge in [-0.2, -0.15) is 10.2 Å². The number of nitrogens with two attached hydrogens (primary N) is 1. The molecule has 0 fully saturated rings. The molecule has 0 unspecified atom stereocenters. The van der Waals surface area contributed by atoms with Crippen molar-refractivity contribution in [3.63, 3.8) is 0 Å². The summed E-state index contributed by atoms with van der Waals surface area (Å²) in [5.74, 6) is 6.51. The van der Waals surface area contributed by atoms with Crippen molar-refractivity contribution in [1.29, 1.82) is 0 Å². The molecular weight excluding hydrogens is 408 g/mol. The topological polar surface area (TPSA) is 118 Å². The van der Waals surface area contributed by atoms with Gasteiger partial charge in [-0.1, -0.05) is 24.2 Å². The van der Waals surface area contributed by atoms with Gasteiger partial charge < -0.3 is 4.84 Å². The molecule has 0 aliphatic heterocycles. The molecule has 2 N–H and O–H groups in total. The Morgan fingerprint density at radius 1 is 0.906 bits per heavy atom. The lowest BCUT2D eigenvalue weighted by Crippen LogP contribution is -2.01. The van der Waals surface area contributed by atoms with E-state index < -0.39 is 0 Å². The molecule has 0 bridgehead atoms. The van der Waals surface area contributed by atoms with Crippen LogP contribution < -0.4 is 5.90 Å². The molecule has 0 aliphatic rings. The first-order chi connectivity index (χ1) is 15.7. The zero-order valence-corrected chi connectivity index (χ0v) is 18.1. The predicted molar refractivity (Wildman–Crippen MR) is 120 cm³/mol. The van der Waals surface area contributed by atoms with Crippen molar-refractivity contribution in [3.8, 4) is 11.6 Å². The Balaban J connectivity index is 0.000000186. The van der Waals surface area contributed by atoms with E-state index in [9.17, 15) is 0 Å². The standard InChI is InChI=1S/C13H16N4O.C9H10N4O/c1-3-11(2)16-18-10-12-5-6-13(14-9-12)17-8-4-7-15-17;10-14-7-8-2-3-9(11-6-8)13-5-1-4-12-13/h4-9H,3,10H2,1-2H3;1-6H,7,10H2/b16-11+;. The maximum atomic E-state index is 5.23. The molecule has 0 aliphatic carbocycles. The van der Waals surface area contributed by atoms with Crippen LogP contribution in [0.25, 0.3) is 11.6 Å². The highest BCUT2D eigenvalue weighted by molar-refractivity contribution is 5.80.